The van der Waals surface area contributed by atoms with Gasteiger partial charge >= 0.3 is 18.2 Å². The molecule has 9 heteroatoms. The van der Waals surface area contributed by atoms with Gasteiger partial charge in [0.1, 0.15) is 0 Å². The average Bonchev–Trinajstić information content (AvgIpc) is 2.12. The van der Waals surface area contributed by atoms with Gasteiger partial charge in [-0.05, 0) is 6.92 Å². The molecule has 2 amide bonds. The van der Waals surface area contributed by atoms with E-state index in [-0.39, 0.29) is 0 Å². The van der Waals surface area contributed by atoms with Gasteiger partial charge in [-0.2, -0.15) is 13.2 Å². The highest BCUT2D eigenvalue weighted by Crippen LogP contribution is 2.17. The van der Waals surface area contributed by atoms with Crippen molar-refractivity contribution in [2.24, 2.45) is 0 Å². The summed E-state index contributed by atoms with van der Waals surface area (Å²) < 4.78 is 35.1. The molecular weight excluding hydrogens is 245 g/mol. The first-order chi connectivity index (χ1) is 7.54. The number of hydrogen-bond acceptors (Lipinski definition) is 3. The van der Waals surface area contributed by atoms with Crippen LogP contribution < -0.4 is 10.6 Å². The minimum Gasteiger partial charge on any atom is -0.479 e. The van der Waals surface area contributed by atoms with Crippen LogP contribution in [0.3, 0.4) is 0 Å². The number of urea groups is 1. The molecule has 17 heavy (non-hydrogen) atoms. The summed E-state index contributed by atoms with van der Waals surface area (Å²) in [6.45, 7) is -0.282. The van der Waals surface area contributed by atoms with Crippen LogP contribution in [0, 0.1) is 0 Å². The predicted octanol–water partition coefficient (Wildman–Crippen LogP) is 0.0736. The zero-order valence-electron chi connectivity index (χ0n) is 8.97. The summed E-state index contributed by atoms with van der Waals surface area (Å²) in [5.74, 6) is -1.55. The van der Waals surface area contributed by atoms with Crippen molar-refractivity contribution in [3.05, 3.63) is 0 Å². The Morgan fingerprint density at radius 3 is 2.18 bits per heavy atom. The standard InChI is InChI=1S/C8H13F3N2O4/c1-7(17,5(14)15)4-13-6(16)12-3-2-8(9,10)11/h17H,2-4H2,1H3,(H,14,15)(H2,12,13,16). The number of amides is 2. The van der Waals surface area contributed by atoms with Gasteiger partial charge in [-0.15, -0.1) is 0 Å². The molecule has 0 radical (unpaired) electrons. The van der Waals surface area contributed by atoms with Crippen molar-refractivity contribution in [2.45, 2.75) is 25.1 Å². The number of nitrogens with one attached hydrogen (secondary N) is 2. The van der Waals surface area contributed by atoms with Crippen LogP contribution in [0.15, 0.2) is 0 Å². The zero-order valence-corrected chi connectivity index (χ0v) is 8.97. The number of halogens is 3. The molecule has 1 atom stereocenters. The first-order valence-corrected chi connectivity index (χ1v) is 4.59. The summed E-state index contributed by atoms with van der Waals surface area (Å²) >= 11 is 0. The van der Waals surface area contributed by atoms with Gasteiger partial charge in [0.05, 0.1) is 13.0 Å². The number of carboxylic acids is 1. The topological polar surface area (TPSA) is 98.7 Å². The highest BCUT2D eigenvalue weighted by Gasteiger charge is 2.30. The van der Waals surface area contributed by atoms with Crippen molar-refractivity contribution >= 4 is 12.0 Å². The minimum atomic E-state index is -4.38. The molecule has 4 N–H and O–H groups in total. The van der Waals surface area contributed by atoms with Gasteiger partial charge < -0.3 is 20.8 Å². The highest BCUT2D eigenvalue weighted by molar-refractivity contribution is 5.79. The van der Waals surface area contributed by atoms with Gasteiger partial charge in [0.2, 0.25) is 0 Å². The van der Waals surface area contributed by atoms with Crippen LogP contribution in [0.25, 0.3) is 0 Å². The Bertz CT molecular complexity index is 291. The molecule has 0 saturated heterocycles. The Balaban J connectivity index is 3.86. The van der Waals surface area contributed by atoms with Crippen molar-refractivity contribution in [3.8, 4) is 0 Å². The fraction of sp³-hybridized carbons (Fsp3) is 0.750. The summed E-state index contributed by atoms with van der Waals surface area (Å²) in [4.78, 5) is 21.3. The van der Waals surface area contributed by atoms with Crippen molar-refractivity contribution in [1.29, 1.82) is 0 Å². The van der Waals surface area contributed by atoms with Crippen molar-refractivity contribution in [1.82, 2.24) is 10.6 Å². The lowest BCUT2D eigenvalue weighted by Gasteiger charge is -2.18. The lowest BCUT2D eigenvalue weighted by molar-refractivity contribution is -0.155. The largest absolute Gasteiger partial charge is 0.479 e. The first-order valence-electron chi connectivity index (χ1n) is 4.59. The quantitative estimate of drug-likeness (QED) is 0.561. The van der Waals surface area contributed by atoms with Gasteiger partial charge in [-0.25, -0.2) is 9.59 Å². The van der Waals surface area contributed by atoms with E-state index in [9.17, 15) is 27.9 Å². The van der Waals surface area contributed by atoms with Crippen LogP contribution in [0.5, 0.6) is 0 Å². The van der Waals surface area contributed by atoms with Crippen molar-refractivity contribution in [3.63, 3.8) is 0 Å². The Labute approximate surface area is 94.8 Å². The van der Waals surface area contributed by atoms with E-state index in [0.717, 1.165) is 6.92 Å². The fourth-order valence-electron chi connectivity index (χ4n) is 0.708. The fourth-order valence-corrected chi connectivity index (χ4v) is 0.708. The Hall–Kier alpha value is -1.51. The second-order valence-corrected chi connectivity index (χ2v) is 3.55. The van der Waals surface area contributed by atoms with Crippen LogP contribution >= 0.6 is 0 Å². The Morgan fingerprint density at radius 2 is 1.76 bits per heavy atom. The molecule has 0 aliphatic carbocycles. The van der Waals surface area contributed by atoms with E-state index in [2.05, 4.69) is 0 Å². The van der Waals surface area contributed by atoms with E-state index in [0.29, 0.717) is 0 Å². The van der Waals surface area contributed by atoms with Gasteiger partial charge in [-0.3, -0.25) is 0 Å². The molecule has 0 fully saturated rings. The highest BCUT2D eigenvalue weighted by atomic mass is 19.4. The van der Waals surface area contributed by atoms with Gasteiger partial charge in [0.15, 0.2) is 5.60 Å². The van der Waals surface area contributed by atoms with Gasteiger partial charge in [-0.1, -0.05) is 0 Å². The van der Waals surface area contributed by atoms with Crippen LogP contribution in [-0.2, 0) is 4.79 Å². The average molecular weight is 258 g/mol. The summed E-state index contributed by atoms with van der Waals surface area (Å²) in [6, 6.07) is -0.976. The lowest BCUT2D eigenvalue weighted by Crippen LogP contribution is -2.49. The lowest BCUT2D eigenvalue weighted by atomic mass is 10.1. The van der Waals surface area contributed by atoms with E-state index in [1.807, 2.05) is 10.6 Å². The van der Waals surface area contributed by atoms with Crippen LogP contribution in [0.2, 0.25) is 0 Å². The minimum absolute atomic E-state index is 0.611. The maximum atomic E-state index is 11.7. The second kappa shape index (κ2) is 5.71. The van der Waals surface area contributed by atoms with E-state index in [1.165, 1.54) is 0 Å². The molecule has 0 rings (SSSR count). The molecule has 0 spiro atoms. The number of carboxylic acid groups (broad SMARTS) is 1. The molecule has 0 bridgehead atoms. The SMILES string of the molecule is CC(O)(CNC(=O)NCCC(F)(F)F)C(=O)O. The molecule has 0 aromatic carbocycles. The van der Waals surface area contributed by atoms with Crippen LogP contribution in [0.4, 0.5) is 18.0 Å². The number of aliphatic carboxylic acids is 1. The maximum absolute atomic E-state index is 11.7. The molecule has 0 aromatic heterocycles. The molecule has 1 unspecified atom stereocenters. The number of carbonyl (C=O) groups is 2. The maximum Gasteiger partial charge on any atom is 0.390 e. The summed E-state index contributed by atoms with van der Waals surface area (Å²) in [7, 11) is 0. The number of carbonyl (C=O) groups excluding carboxylic acids is 1. The third-order valence-electron chi connectivity index (χ3n) is 1.75. The molecular formula is C8H13F3N2O4. The number of rotatable bonds is 5. The zero-order chi connectivity index (χ0) is 13.7. The van der Waals surface area contributed by atoms with Crippen LogP contribution in [0.1, 0.15) is 13.3 Å². The van der Waals surface area contributed by atoms with Crippen molar-refractivity contribution in [2.75, 3.05) is 13.1 Å². The normalized spacial score (nSPS) is 14.9. The molecule has 6 nitrogen and oxygen atoms in total. The van der Waals surface area contributed by atoms with E-state index >= 15 is 0 Å². The third kappa shape index (κ3) is 7.39. The molecule has 0 heterocycles. The van der Waals surface area contributed by atoms with E-state index in [4.69, 9.17) is 5.11 Å². The summed E-state index contributed by atoms with van der Waals surface area (Å²) in [5.41, 5.74) is -2.17. The molecule has 100 valence electrons. The first kappa shape index (κ1) is 15.5. The molecule has 0 aliphatic rings. The van der Waals surface area contributed by atoms with E-state index < -0.39 is 43.3 Å². The molecule has 0 aliphatic heterocycles. The van der Waals surface area contributed by atoms with Crippen LogP contribution in [-0.4, -0.2) is 47.1 Å². The Morgan fingerprint density at radius 1 is 1.24 bits per heavy atom. The van der Waals surface area contributed by atoms with Gasteiger partial charge in [0, 0.05) is 6.54 Å². The third-order valence-corrected chi connectivity index (χ3v) is 1.75. The number of aliphatic hydroxyl groups is 1. The predicted molar refractivity (Wildman–Crippen MR) is 50.3 cm³/mol. The number of hydrogen-bond donors (Lipinski definition) is 4. The monoisotopic (exact) mass is 258 g/mol. The second-order valence-electron chi connectivity index (χ2n) is 3.55. The molecule has 0 aromatic rings. The smallest absolute Gasteiger partial charge is 0.390 e. The van der Waals surface area contributed by atoms with Gasteiger partial charge in [0.25, 0.3) is 0 Å². The molecule has 0 saturated carbocycles. The van der Waals surface area contributed by atoms with Crippen molar-refractivity contribution < 1.29 is 33.0 Å². The van der Waals surface area contributed by atoms with E-state index in [1.54, 1.807) is 0 Å². The Kier molecular flexibility index (Phi) is 5.20. The number of alkyl halides is 3. The summed E-state index contributed by atoms with van der Waals surface area (Å²) in [5, 5.41) is 21.5. The summed E-state index contributed by atoms with van der Waals surface area (Å²) in [6.07, 6.45) is -5.56.